The summed E-state index contributed by atoms with van der Waals surface area (Å²) >= 11 is 8.71. The standard InChI is InChI=1S/C10H7BrClFN4/c11-6-2-1-5(3-7(6)13)16-9-8(14)4-15-10(12)17-9/h1-4H,14H2,(H,15,16,17). The van der Waals surface area contributed by atoms with Gasteiger partial charge < -0.3 is 11.1 Å². The van der Waals surface area contributed by atoms with Gasteiger partial charge in [-0.25, -0.2) is 9.37 Å². The zero-order chi connectivity index (χ0) is 12.4. The normalized spacial score (nSPS) is 10.3. The molecule has 0 saturated carbocycles. The molecule has 0 saturated heterocycles. The average Bonchev–Trinajstić information content (AvgIpc) is 2.29. The lowest BCUT2D eigenvalue weighted by Crippen LogP contribution is -2.01. The van der Waals surface area contributed by atoms with Gasteiger partial charge in [-0.15, -0.1) is 0 Å². The van der Waals surface area contributed by atoms with E-state index in [0.717, 1.165) is 0 Å². The highest BCUT2D eigenvalue weighted by molar-refractivity contribution is 9.10. The molecule has 0 spiro atoms. The summed E-state index contributed by atoms with van der Waals surface area (Å²) in [6.07, 6.45) is 1.38. The maximum absolute atomic E-state index is 13.3. The second-order valence-electron chi connectivity index (χ2n) is 3.20. The molecule has 0 fully saturated rings. The molecule has 1 heterocycles. The third-order valence-electron chi connectivity index (χ3n) is 1.97. The first-order valence-corrected chi connectivity index (χ1v) is 5.73. The van der Waals surface area contributed by atoms with Gasteiger partial charge in [0.05, 0.1) is 16.4 Å². The van der Waals surface area contributed by atoms with Crippen LogP contribution in [-0.2, 0) is 0 Å². The zero-order valence-electron chi connectivity index (χ0n) is 8.42. The maximum Gasteiger partial charge on any atom is 0.224 e. The van der Waals surface area contributed by atoms with Crippen LogP contribution in [0.25, 0.3) is 0 Å². The molecule has 0 atom stereocenters. The van der Waals surface area contributed by atoms with E-state index < -0.39 is 0 Å². The third-order valence-corrected chi connectivity index (χ3v) is 2.80. The predicted octanol–water partition coefficient (Wildman–Crippen LogP) is 3.36. The van der Waals surface area contributed by atoms with E-state index >= 15 is 0 Å². The molecule has 17 heavy (non-hydrogen) atoms. The average molecular weight is 318 g/mol. The van der Waals surface area contributed by atoms with E-state index in [0.29, 0.717) is 21.7 Å². The first-order valence-electron chi connectivity index (χ1n) is 4.56. The zero-order valence-corrected chi connectivity index (χ0v) is 10.8. The summed E-state index contributed by atoms with van der Waals surface area (Å²) in [5.74, 6) is -0.0413. The molecule has 1 aromatic heterocycles. The molecule has 0 aliphatic heterocycles. The number of nitrogen functional groups attached to an aromatic ring is 1. The highest BCUT2D eigenvalue weighted by Gasteiger charge is 2.05. The third kappa shape index (κ3) is 2.83. The Morgan fingerprint density at radius 1 is 1.41 bits per heavy atom. The van der Waals surface area contributed by atoms with Crippen LogP contribution >= 0.6 is 27.5 Å². The fourth-order valence-electron chi connectivity index (χ4n) is 1.18. The van der Waals surface area contributed by atoms with Gasteiger partial charge in [-0.2, -0.15) is 4.98 Å². The molecule has 7 heteroatoms. The number of hydrogen-bond donors (Lipinski definition) is 2. The summed E-state index contributed by atoms with van der Waals surface area (Å²) in [4.78, 5) is 7.62. The van der Waals surface area contributed by atoms with Gasteiger partial charge in [-0.1, -0.05) is 0 Å². The molecule has 1 aromatic carbocycles. The van der Waals surface area contributed by atoms with Crippen LogP contribution in [0.5, 0.6) is 0 Å². The summed E-state index contributed by atoms with van der Waals surface area (Å²) in [5.41, 5.74) is 6.51. The van der Waals surface area contributed by atoms with E-state index in [1.165, 1.54) is 12.3 Å². The topological polar surface area (TPSA) is 63.8 Å². The van der Waals surface area contributed by atoms with Crippen LogP contribution in [0.1, 0.15) is 0 Å². The predicted molar refractivity (Wildman–Crippen MR) is 68.8 cm³/mol. The quantitative estimate of drug-likeness (QED) is 0.834. The van der Waals surface area contributed by atoms with E-state index in [2.05, 4.69) is 31.2 Å². The van der Waals surface area contributed by atoms with Gasteiger partial charge in [0.1, 0.15) is 5.82 Å². The number of anilines is 3. The van der Waals surface area contributed by atoms with Crippen molar-refractivity contribution in [2.24, 2.45) is 0 Å². The Kier molecular flexibility index (Phi) is 3.44. The maximum atomic E-state index is 13.3. The van der Waals surface area contributed by atoms with Gasteiger partial charge in [-0.05, 0) is 45.7 Å². The van der Waals surface area contributed by atoms with Crippen LogP contribution in [0.15, 0.2) is 28.9 Å². The van der Waals surface area contributed by atoms with Crippen LogP contribution in [0, 0.1) is 5.82 Å². The van der Waals surface area contributed by atoms with E-state index in [1.54, 1.807) is 12.1 Å². The number of halogens is 3. The van der Waals surface area contributed by atoms with Crippen LogP contribution in [0.3, 0.4) is 0 Å². The van der Waals surface area contributed by atoms with Gasteiger partial charge >= 0.3 is 0 Å². The summed E-state index contributed by atoms with van der Waals surface area (Å²) < 4.78 is 13.7. The van der Waals surface area contributed by atoms with Crippen LogP contribution in [0.2, 0.25) is 5.28 Å². The van der Waals surface area contributed by atoms with Crippen molar-refractivity contribution < 1.29 is 4.39 Å². The van der Waals surface area contributed by atoms with E-state index in [9.17, 15) is 4.39 Å². The summed E-state index contributed by atoms with van der Waals surface area (Å²) in [5, 5.41) is 2.93. The lowest BCUT2D eigenvalue weighted by atomic mass is 10.3. The molecule has 0 bridgehead atoms. The molecular formula is C10H7BrClFN4. The van der Waals surface area contributed by atoms with Gasteiger partial charge in [0.2, 0.25) is 5.28 Å². The van der Waals surface area contributed by atoms with Crippen LogP contribution in [-0.4, -0.2) is 9.97 Å². The van der Waals surface area contributed by atoms with Crippen molar-refractivity contribution in [1.29, 1.82) is 0 Å². The first kappa shape index (κ1) is 12.1. The summed E-state index contributed by atoms with van der Waals surface area (Å²) in [6.45, 7) is 0. The van der Waals surface area contributed by atoms with E-state index in [4.69, 9.17) is 17.3 Å². The monoisotopic (exact) mass is 316 g/mol. The molecule has 3 N–H and O–H groups in total. The number of aromatic nitrogens is 2. The lowest BCUT2D eigenvalue weighted by molar-refractivity contribution is 0.622. The molecule has 0 radical (unpaired) electrons. The molecule has 0 aliphatic rings. The molecule has 0 aliphatic carbocycles. The van der Waals surface area contributed by atoms with Gasteiger partial charge in [0.25, 0.3) is 0 Å². The number of nitrogens with two attached hydrogens (primary N) is 1. The number of benzene rings is 1. The Morgan fingerprint density at radius 3 is 2.88 bits per heavy atom. The highest BCUT2D eigenvalue weighted by Crippen LogP contribution is 2.24. The highest BCUT2D eigenvalue weighted by atomic mass is 79.9. The summed E-state index contributed by atoms with van der Waals surface area (Å²) in [6, 6.07) is 4.58. The summed E-state index contributed by atoms with van der Waals surface area (Å²) in [7, 11) is 0. The smallest absolute Gasteiger partial charge is 0.224 e. The van der Waals surface area contributed by atoms with Crippen molar-refractivity contribution in [1.82, 2.24) is 9.97 Å². The van der Waals surface area contributed by atoms with Crippen LogP contribution in [0.4, 0.5) is 21.6 Å². The number of hydrogen-bond acceptors (Lipinski definition) is 4. The minimum absolute atomic E-state index is 0.0688. The number of rotatable bonds is 2. The van der Waals surface area contributed by atoms with Gasteiger partial charge in [-0.3, -0.25) is 0 Å². The molecule has 0 amide bonds. The Balaban J connectivity index is 2.31. The largest absolute Gasteiger partial charge is 0.394 e. The van der Waals surface area contributed by atoms with Crippen molar-refractivity contribution in [3.63, 3.8) is 0 Å². The second kappa shape index (κ2) is 4.85. The second-order valence-corrected chi connectivity index (χ2v) is 4.39. The van der Waals surface area contributed by atoms with Crippen molar-refractivity contribution in [2.75, 3.05) is 11.1 Å². The molecule has 2 rings (SSSR count). The van der Waals surface area contributed by atoms with E-state index in [1.807, 2.05) is 0 Å². The lowest BCUT2D eigenvalue weighted by Gasteiger charge is -2.08. The SMILES string of the molecule is Nc1cnc(Cl)nc1Nc1ccc(Br)c(F)c1. The number of nitrogens with zero attached hydrogens (tertiary/aromatic N) is 2. The van der Waals surface area contributed by atoms with Crippen LogP contribution < -0.4 is 11.1 Å². The fraction of sp³-hybridized carbons (Fsp3) is 0. The first-order chi connectivity index (χ1) is 8.06. The van der Waals surface area contributed by atoms with Gasteiger partial charge in [0, 0.05) is 5.69 Å². The van der Waals surface area contributed by atoms with Crippen molar-refractivity contribution in [3.05, 3.63) is 40.0 Å². The number of nitrogens with one attached hydrogen (secondary N) is 1. The fourth-order valence-corrected chi connectivity index (χ4v) is 1.56. The Bertz CT molecular complexity index is 564. The van der Waals surface area contributed by atoms with Crippen molar-refractivity contribution in [3.8, 4) is 0 Å². The van der Waals surface area contributed by atoms with Gasteiger partial charge in [0.15, 0.2) is 5.82 Å². The van der Waals surface area contributed by atoms with E-state index in [-0.39, 0.29) is 11.1 Å². The Labute approximate surface area is 110 Å². The molecule has 4 nitrogen and oxygen atoms in total. The Hall–Kier alpha value is -1.40. The molecule has 88 valence electrons. The van der Waals surface area contributed by atoms with Crippen molar-refractivity contribution in [2.45, 2.75) is 0 Å². The molecule has 0 unspecified atom stereocenters. The minimum Gasteiger partial charge on any atom is -0.394 e. The molecule has 2 aromatic rings. The Morgan fingerprint density at radius 2 is 2.18 bits per heavy atom. The van der Waals surface area contributed by atoms with Crippen molar-refractivity contribution >= 4 is 44.7 Å². The minimum atomic E-state index is -0.381. The molecular weight excluding hydrogens is 310 g/mol.